The van der Waals surface area contributed by atoms with Gasteiger partial charge in [0.25, 0.3) is 0 Å². The second-order valence-corrected chi connectivity index (χ2v) is 6.79. The molecule has 0 bridgehead atoms. The fourth-order valence-electron chi connectivity index (χ4n) is 1.92. The lowest BCUT2D eigenvalue weighted by atomic mass is 10.1. The van der Waals surface area contributed by atoms with Crippen LogP contribution in [-0.4, -0.2) is 26.3 Å². The molecule has 3 N–H and O–H groups in total. The smallest absolute Gasteiger partial charge is 0.229 e. The van der Waals surface area contributed by atoms with E-state index in [9.17, 15) is 13.2 Å². The van der Waals surface area contributed by atoms with E-state index in [-0.39, 0.29) is 6.42 Å². The largest absolute Gasteiger partial charge is 0.369 e. The number of benzene rings is 2. The Balaban J connectivity index is 2.22. The van der Waals surface area contributed by atoms with E-state index in [4.69, 9.17) is 10.6 Å². The number of primary amides is 1. The Morgan fingerprint density at radius 1 is 1.17 bits per heavy atom. The minimum atomic E-state index is -3.39. The number of carbonyl (C=O) groups excluding carboxylic acids is 1. The van der Waals surface area contributed by atoms with Gasteiger partial charge >= 0.3 is 0 Å². The van der Waals surface area contributed by atoms with Gasteiger partial charge in [-0.25, -0.2) is 8.42 Å². The molecule has 0 saturated carbocycles. The van der Waals surface area contributed by atoms with Crippen molar-refractivity contribution in [1.82, 2.24) is 0 Å². The quantitative estimate of drug-likeness (QED) is 0.587. The van der Waals surface area contributed by atoms with Crippen LogP contribution in [0.4, 0.5) is 5.69 Å². The maximum atomic E-state index is 11.3. The van der Waals surface area contributed by atoms with Gasteiger partial charge in [-0.1, -0.05) is 41.6 Å². The summed E-state index contributed by atoms with van der Waals surface area (Å²) in [5, 5.41) is 3.98. The van der Waals surface area contributed by atoms with E-state index in [0.29, 0.717) is 22.7 Å². The Morgan fingerprint density at radius 3 is 2.50 bits per heavy atom. The molecular formula is C16H17N3O4S. The summed E-state index contributed by atoms with van der Waals surface area (Å²) in [4.78, 5) is 16.5. The van der Waals surface area contributed by atoms with Crippen molar-refractivity contribution in [1.29, 1.82) is 0 Å². The van der Waals surface area contributed by atoms with Crippen molar-refractivity contribution in [2.75, 3.05) is 11.0 Å². The number of amides is 1. The monoisotopic (exact) mass is 347 g/mol. The maximum Gasteiger partial charge on any atom is 0.229 e. The molecule has 0 aliphatic heterocycles. The number of carbonyl (C=O) groups is 1. The molecule has 1 amide bonds. The number of nitrogens with two attached hydrogens (primary N) is 1. The Kier molecular flexibility index (Phi) is 5.54. The van der Waals surface area contributed by atoms with Crippen LogP contribution in [-0.2, 0) is 14.8 Å². The zero-order valence-electron chi connectivity index (χ0n) is 13.0. The molecule has 0 unspecified atom stereocenters. The van der Waals surface area contributed by atoms with Gasteiger partial charge in [0, 0.05) is 6.07 Å². The molecule has 0 aliphatic carbocycles. The molecular weight excluding hydrogens is 330 g/mol. The van der Waals surface area contributed by atoms with Gasteiger partial charge < -0.3 is 10.6 Å². The molecule has 2 aromatic rings. The number of nitrogens with zero attached hydrogens (tertiary/aromatic N) is 1. The first kappa shape index (κ1) is 17.5. The third-order valence-corrected chi connectivity index (χ3v) is 3.45. The molecule has 0 aliphatic rings. The minimum absolute atomic E-state index is 0.0781. The number of rotatable bonds is 7. The summed E-state index contributed by atoms with van der Waals surface area (Å²) in [6, 6.07) is 15.3. The number of oxime groups is 1. The average molecular weight is 347 g/mol. The molecule has 8 heteroatoms. The van der Waals surface area contributed by atoms with Gasteiger partial charge in [-0.15, -0.1) is 0 Å². The van der Waals surface area contributed by atoms with Crippen LogP contribution >= 0.6 is 0 Å². The predicted molar refractivity (Wildman–Crippen MR) is 92.3 cm³/mol. The first-order valence-corrected chi connectivity index (χ1v) is 8.88. The highest BCUT2D eigenvalue weighted by Gasteiger charge is 2.09. The molecule has 2 aromatic carbocycles. The van der Waals surface area contributed by atoms with Gasteiger partial charge in [0.1, 0.15) is 0 Å². The molecule has 0 aromatic heterocycles. The van der Waals surface area contributed by atoms with Gasteiger partial charge in [0.05, 0.1) is 24.1 Å². The summed E-state index contributed by atoms with van der Waals surface area (Å²) in [5.41, 5.74) is 6.68. The molecule has 24 heavy (non-hydrogen) atoms. The maximum absolute atomic E-state index is 11.3. The number of hydrogen-bond donors (Lipinski definition) is 2. The van der Waals surface area contributed by atoms with Crippen LogP contribution in [0, 0.1) is 0 Å². The van der Waals surface area contributed by atoms with Gasteiger partial charge in [0.15, 0.2) is 5.75 Å². The molecule has 126 valence electrons. The topological polar surface area (TPSA) is 111 Å². The SMILES string of the molecule is CS(=O)(=O)Nc1cccc(O/N=C(\CC(N)=O)c2ccccc2)c1. The van der Waals surface area contributed by atoms with Crippen LogP contribution in [0.3, 0.4) is 0 Å². The second-order valence-electron chi connectivity index (χ2n) is 5.04. The molecule has 7 nitrogen and oxygen atoms in total. The highest BCUT2D eigenvalue weighted by atomic mass is 32.2. The van der Waals surface area contributed by atoms with E-state index in [2.05, 4.69) is 9.88 Å². The molecule has 0 saturated heterocycles. The van der Waals surface area contributed by atoms with E-state index < -0.39 is 15.9 Å². The number of nitrogens with one attached hydrogen (secondary N) is 1. The van der Waals surface area contributed by atoms with Crippen molar-refractivity contribution in [2.24, 2.45) is 10.9 Å². The summed E-state index contributed by atoms with van der Waals surface area (Å²) in [6.45, 7) is 0. The van der Waals surface area contributed by atoms with Gasteiger partial charge in [-0.2, -0.15) is 0 Å². The Bertz CT molecular complexity index is 849. The fraction of sp³-hybridized carbons (Fsp3) is 0.125. The van der Waals surface area contributed by atoms with Gasteiger partial charge in [0.2, 0.25) is 15.9 Å². The van der Waals surface area contributed by atoms with Gasteiger partial charge in [-0.3, -0.25) is 9.52 Å². The van der Waals surface area contributed by atoms with Crippen molar-refractivity contribution < 1.29 is 18.0 Å². The van der Waals surface area contributed by atoms with Crippen molar-refractivity contribution >= 4 is 27.3 Å². The molecule has 0 atom stereocenters. The summed E-state index contributed by atoms with van der Waals surface area (Å²) in [6.07, 6.45) is 0.977. The summed E-state index contributed by atoms with van der Waals surface area (Å²) in [5.74, 6) is -0.213. The van der Waals surface area contributed by atoms with Crippen LogP contribution in [0.1, 0.15) is 12.0 Å². The van der Waals surface area contributed by atoms with Crippen LogP contribution in [0.15, 0.2) is 59.8 Å². The van der Waals surface area contributed by atoms with E-state index in [0.717, 1.165) is 6.26 Å². The zero-order valence-corrected chi connectivity index (χ0v) is 13.8. The average Bonchev–Trinajstić information content (AvgIpc) is 2.50. The Labute approximate surface area is 140 Å². The van der Waals surface area contributed by atoms with E-state index >= 15 is 0 Å². The normalized spacial score (nSPS) is 11.8. The van der Waals surface area contributed by atoms with Crippen molar-refractivity contribution in [3.05, 3.63) is 60.2 Å². The third-order valence-electron chi connectivity index (χ3n) is 2.85. The van der Waals surface area contributed by atoms with E-state index in [1.807, 2.05) is 18.2 Å². The first-order valence-electron chi connectivity index (χ1n) is 6.99. The zero-order chi connectivity index (χ0) is 17.6. The lowest BCUT2D eigenvalue weighted by molar-refractivity contribution is -0.116. The number of anilines is 1. The highest BCUT2D eigenvalue weighted by Crippen LogP contribution is 2.19. The summed E-state index contributed by atoms with van der Waals surface area (Å²) >= 11 is 0. The fourth-order valence-corrected chi connectivity index (χ4v) is 2.48. The van der Waals surface area contributed by atoms with Crippen LogP contribution in [0.5, 0.6) is 5.75 Å². The number of sulfonamides is 1. The molecule has 0 radical (unpaired) electrons. The molecule has 0 heterocycles. The van der Waals surface area contributed by atoms with Crippen molar-refractivity contribution in [2.45, 2.75) is 6.42 Å². The van der Waals surface area contributed by atoms with Crippen molar-refractivity contribution in [3.8, 4) is 5.75 Å². The van der Waals surface area contributed by atoms with Gasteiger partial charge in [-0.05, 0) is 17.7 Å². The first-order chi connectivity index (χ1) is 11.3. The summed E-state index contributed by atoms with van der Waals surface area (Å²) < 4.78 is 24.8. The Morgan fingerprint density at radius 2 is 1.88 bits per heavy atom. The molecule has 0 fully saturated rings. The van der Waals surface area contributed by atoms with Crippen molar-refractivity contribution in [3.63, 3.8) is 0 Å². The third kappa shape index (κ3) is 5.73. The Hall–Kier alpha value is -2.87. The predicted octanol–water partition coefficient (Wildman–Crippen LogP) is 1.72. The van der Waals surface area contributed by atoms with E-state index in [1.54, 1.807) is 30.3 Å². The minimum Gasteiger partial charge on any atom is -0.369 e. The second kappa shape index (κ2) is 7.60. The standard InChI is InChI=1S/C16H17N3O4S/c1-24(21,22)19-13-8-5-9-14(10-13)23-18-15(11-16(17)20)12-6-3-2-4-7-12/h2-10,19H,11H2,1H3,(H2,17,20)/b18-15+. The molecule has 0 spiro atoms. The van der Waals surface area contributed by atoms with E-state index in [1.165, 1.54) is 6.07 Å². The summed E-state index contributed by atoms with van der Waals surface area (Å²) in [7, 11) is -3.39. The molecule has 2 rings (SSSR count). The van der Waals surface area contributed by atoms with Crippen LogP contribution < -0.4 is 15.3 Å². The highest BCUT2D eigenvalue weighted by molar-refractivity contribution is 7.92. The number of hydrogen-bond acceptors (Lipinski definition) is 5. The van der Waals surface area contributed by atoms with Crippen LogP contribution in [0.2, 0.25) is 0 Å². The van der Waals surface area contributed by atoms with Crippen LogP contribution in [0.25, 0.3) is 0 Å². The lowest BCUT2D eigenvalue weighted by Crippen LogP contribution is -2.17. The lowest BCUT2D eigenvalue weighted by Gasteiger charge is -2.07.